The quantitative estimate of drug-likeness (QED) is 0.141. The Kier molecular flexibility index (Phi) is 38.8. The van der Waals surface area contributed by atoms with Crippen LogP contribution in [-0.2, 0) is 5.41 Å². The summed E-state index contributed by atoms with van der Waals surface area (Å²) in [5, 5.41) is 0. The van der Waals surface area contributed by atoms with Crippen LogP contribution in [0.5, 0.6) is 0 Å². The highest BCUT2D eigenvalue weighted by molar-refractivity contribution is 6.71. The zero-order valence-corrected chi connectivity index (χ0v) is 55.2. The molecule has 0 saturated carbocycles. The Hall–Kier alpha value is -4.93. The van der Waals surface area contributed by atoms with Gasteiger partial charge in [0.15, 0.2) is 13.4 Å². The Morgan fingerprint density at radius 1 is 0.377 bits per heavy atom. The van der Waals surface area contributed by atoms with E-state index >= 15 is 0 Å². The van der Waals surface area contributed by atoms with E-state index in [0.29, 0.717) is 37.1 Å². The van der Waals surface area contributed by atoms with Crippen LogP contribution in [0.15, 0.2) is 146 Å². The van der Waals surface area contributed by atoms with Crippen molar-refractivity contribution in [3.63, 3.8) is 0 Å². The third-order valence-corrected chi connectivity index (χ3v) is 12.0. The summed E-state index contributed by atoms with van der Waals surface area (Å²) in [4.78, 5) is 6.32. The largest absolute Gasteiger partial charge is 0.378 e. The fourth-order valence-electron chi connectivity index (χ4n) is 8.54. The minimum Gasteiger partial charge on any atom is -0.378 e. The Labute approximate surface area is 480 Å². The summed E-state index contributed by atoms with van der Waals surface area (Å²) in [6, 6.07) is 51.7. The number of nitrogens with zero attached hydrogens (tertiary/aromatic N) is 3. The minimum atomic E-state index is 0.160. The summed E-state index contributed by atoms with van der Waals surface area (Å²) in [5.74, 6) is 2.42. The van der Waals surface area contributed by atoms with Crippen molar-refractivity contribution >= 4 is 42.4 Å². The summed E-state index contributed by atoms with van der Waals surface area (Å²) < 4.78 is 0. The predicted octanol–water partition coefficient (Wildman–Crippen LogP) is 19.7. The first-order chi connectivity index (χ1) is 36.0. The van der Waals surface area contributed by atoms with Crippen LogP contribution in [0.1, 0.15) is 167 Å². The lowest BCUT2D eigenvalue weighted by Gasteiger charge is -2.25. The number of hydrogen-bond donors (Lipinski definition) is 0. The number of fused-ring (bicyclic) bond motifs is 3. The van der Waals surface area contributed by atoms with Crippen LogP contribution in [0.3, 0.4) is 0 Å². The second-order valence-electron chi connectivity index (χ2n) is 24.3. The molecule has 0 aromatic heterocycles. The molecule has 1 aliphatic rings. The predicted molar refractivity (Wildman–Crippen MR) is 364 cm³/mol. The van der Waals surface area contributed by atoms with E-state index in [1.165, 1.54) is 74.2 Å². The lowest BCUT2D eigenvalue weighted by molar-refractivity contribution is 0.505. The van der Waals surface area contributed by atoms with Crippen molar-refractivity contribution in [2.45, 2.75) is 187 Å². The number of hydrogen-bond acceptors (Lipinski definition) is 3. The zero-order chi connectivity index (χ0) is 59.6. The van der Waals surface area contributed by atoms with Crippen LogP contribution in [-0.4, -0.2) is 74.4 Å². The van der Waals surface area contributed by atoms with Gasteiger partial charge < -0.3 is 14.7 Å². The lowest BCUT2D eigenvalue weighted by Crippen LogP contribution is -2.31. The molecule has 0 aliphatic heterocycles. The molecule has 0 saturated heterocycles. The van der Waals surface area contributed by atoms with E-state index in [0.717, 1.165) is 6.71 Å². The molecule has 0 radical (unpaired) electrons. The van der Waals surface area contributed by atoms with Crippen LogP contribution in [0.4, 0.5) is 11.4 Å². The highest BCUT2D eigenvalue weighted by atomic mass is 15.1. The van der Waals surface area contributed by atoms with Crippen molar-refractivity contribution in [1.29, 1.82) is 0 Å². The maximum absolute atomic E-state index is 2.30. The monoisotopic (exact) mass is 1040 g/mol. The maximum atomic E-state index is 2.30. The molecule has 77 heavy (non-hydrogen) atoms. The van der Waals surface area contributed by atoms with E-state index in [1.54, 1.807) is 5.46 Å². The van der Waals surface area contributed by atoms with E-state index in [9.17, 15) is 0 Å². The fraction of sp³-hybridized carbons (Fsp3) is 0.493. The third-order valence-electron chi connectivity index (χ3n) is 12.0. The molecule has 0 N–H and O–H groups in total. The molecule has 0 atom stereocenters. The topological polar surface area (TPSA) is 9.72 Å². The molecule has 7 rings (SSSR count). The second kappa shape index (κ2) is 40.3. The van der Waals surface area contributed by atoms with Crippen molar-refractivity contribution < 1.29 is 0 Å². The summed E-state index contributed by atoms with van der Waals surface area (Å²) in [6.07, 6.45) is 2.50. The van der Waals surface area contributed by atoms with Crippen molar-refractivity contribution in [2.24, 2.45) is 0 Å². The Bertz CT molecular complexity index is 2160. The molecule has 1 aliphatic carbocycles. The van der Waals surface area contributed by atoms with E-state index < -0.39 is 0 Å². The Balaban J connectivity index is 0. The van der Waals surface area contributed by atoms with Crippen molar-refractivity contribution in [3.8, 4) is 11.1 Å². The van der Waals surface area contributed by atoms with Gasteiger partial charge in [0.25, 0.3) is 0 Å². The SMILES string of the molecule is CB(C)C.CB(C)c1c(C(C)C)cccc1C(C)C.CB(C)c1ccccc1.CC(C)c1cccc(C(C)C)c1N(C)C.CC1(C)c2ccccc2-c2ccccc21.CCC.CCC.CN(C)C.CN(C)c1ccccc1. The van der Waals surface area contributed by atoms with Gasteiger partial charge >= 0.3 is 0 Å². The maximum Gasteiger partial charge on any atom is 0.170 e. The standard InChI is InChI=1S/C15H14.C14H23B.C14H23N.C8H11B.C8H11N.C3H9B.C3H9N.2C3H8/c1-15(2)13-9-5-3-7-11(13)12-8-4-6-10-14(12)15;2*1-10(2)12-8-7-9-13(11(3)4)14(12)15(5)6;2*1-9(2)8-6-4-3-5-7-8;2*1-4(2)3;2*1-3-2/h3-10H,1-2H3;2*7-11H,1-6H3;2*3-7H,1-2H3;2*1-3H3;2*3H2,1-2H3. The van der Waals surface area contributed by atoms with Gasteiger partial charge in [-0.1, -0.05) is 313 Å². The highest BCUT2D eigenvalue weighted by Gasteiger charge is 2.34. The number of benzene rings is 6. The van der Waals surface area contributed by atoms with Gasteiger partial charge in [-0.25, -0.2) is 0 Å². The molecule has 6 aromatic rings. The van der Waals surface area contributed by atoms with E-state index in [1.807, 2.05) is 64.4 Å². The molecule has 6 aromatic carbocycles. The highest BCUT2D eigenvalue weighted by Crippen LogP contribution is 2.48. The van der Waals surface area contributed by atoms with E-state index in [4.69, 9.17) is 0 Å². The molecule has 0 unspecified atom stereocenters. The molecule has 424 valence electrons. The summed E-state index contributed by atoms with van der Waals surface area (Å²) in [7, 11) is 14.3. The molecule has 6 heteroatoms. The van der Waals surface area contributed by atoms with E-state index in [2.05, 4.69) is 290 Å². The third kappa shape index (κ3) is 28.5. The van der Waals surface area contributed by atoms with Crippen LogP contribution < -0.4 is 20.7 Å². The van der Waals surface area contributed by atoms with Crippen LogP contribution in [0.25, 0.3) is 11.1 Å². The minimum absolute atomic E-state index is 0.160. The smallest absolute Gasteiger partial charge is 0.170 e. The molecular weight excluding hydrogens is 927 g/mol. The molecule has 0 amide bonds. The molecule has 3 nitrogen and oxygen atoms in total. The first-order valence-electron chi connectivity index (χ1n) is 29.5. The Morgan fingerprint density at radius 3 is 0.909 bits per heavy atom. The molecule has 0 heterocycles. The van der Waals surface area contributed by atoms with Gasteiger partial charge in [0.1, 0.15) is 6.71 Å². The summed E-state index contributed by atoms with van der Waals surface area (Å²) in [5.41, 5.74) is 17.5. The van der Waals surface area contributed by atoms with Gasteiger partial charge in [0.2, 0.25) is 0 Å². The average Bonchev–Trinajstić information content (AvgIpc) is 3.60. The van der Waals surface area contributed by atoms with Crippen molar-refractivity contribution in [2.75, 3.05) is 59.1 Å². The summed E-state index contributed by atoms with van der Waals surface area (Å²) >= 11 is 0. The lowest BCUT2D eigenvalue weighted by atomic mass is 9.46. The van der Waals surface area contributed by atoms with Crippen molar-refractivity contribution in [1.82, 2.24) is 4.90 Å². The number of para-hydroxylation sites is 2. The average molecular weight is 1040 g/mol. The van der Waals surface area contributed by atoms with Crippen LogP contribution in [0, 0.1) is 0 Å². The first kappa shape index (κ1) is 74.1. The van der Waals surface area contributed by atoms with Crippen molar-refractivity contribution in [3.05, 3.63) is 179 Å². The number of rotatable bonds is 8. The van der Waals surface area contributed by atoms with Gasteiger partial charge in [0, 0.05) is 45.0 Å². The fourth-order valence-corrected chi connectivity index (χ4v) is 8.54. The molecule has 0 spiro atoms. The number of anilines is 2. The second-order valence-corrected chi connectivity index (χ2v) is 24.3. The normalized spacial score (nSPS) is 10.9. The van der Waals surface area contributed by atoms with E-state index in [-0.39, 0.29) is 5.41 Å². The van der Waals surface area contributed by atoms with Gasteiger partial charge in [-0.05, 0) is 90.3 Å². The molecule has 0 fully saturated rings. The first-order valence-corrected chi connectivity index (χ1v) is 29.5. The van der Waals surface area contributed by atoms with Crippen LogP contribution in [0.2, 0.25) is 47.8 Å². The summed E-state index contributed by atoms with van der Waals surface area (Å²) in [6.45, 7) is 48.9. The van der Waals surface area contributed by atoms with Crippen LogP contribution >= 0.6 is 0 Å². The van der Waals surface area contributed by atoms with Gasteiger partial charge in [-0.3, -0.25) is 0 Å². The van der Waals surface area contributed by atoms with Gasteiger partial charge in [0.05, 0.1) is 0 Å². The van der Waals surface area contributed by atoms with Gasteiger partial charge in [-0.15, -0.1) is 0 Å². The zero-order valence-electron chi connectivity index (χ0n) is 55.2. The molecule has 0 bridgehead atoms. The van der Waals surface area contributed by atoms with Gasteiger partial charge in [-0.2, -0.15) is 0 Å². The Morgan fingerprint density at radius 2 is 0.662 bits per heavy atom. The molecular formula is C71H116B3N3.